The van der Waals surface area contributed by atoms with Gasteiger partial charge in [-0.2, -0.15) is 4.31 Å². The number of sulfonamides is 1. The number of benzene rings is 2. The number of hydrogen-bond acceptors (Lipinski definition) is 5. The number of nitrogens with zero attached hydrogens (tertiary/aromatic N) is 1. The molecule has 32 heavy (non-hydrogen) atoms. The second-order valence-electron chi connectivity index (χ2n) is 7.62. The zero-order chi connectivity index (χ0) is 23.1. The van der Waals surface area contributed by atoms with Crippen LogP contribution in [0.4, 0.5) is 5.69 Å². The monoisotopic (exact) mass is 459 g/mol. The zero-order valence-corrected chi connectivity index (χ0v) is 19.2. The largest absolute Gasteiger partial charge is 0.492 e. The van der Waals surface area contributed by atoms with Crippen LogP contribution in [0.5, 0.6) is 5.75 Å². The number of carbonyl (C=O) groups excluding carboxylic acids is 2. The topological polar surface area (TPSA) is 105 Å². The molecule has 2 amide bonds. The molecule has 0 aromatic heterocycles. The van der Waals surface area contributed by atoms with Crippen molar-refractivity contribution in [1.29, 1.82) is 0 Å². The minimum Gasteiger partial charge on any atom is -0.492 e. The maximum atomic E-state index is 13.1. The molecular formula is C23H29N3O5S. The van der Waals surface area contributed by atoms with E-state index in [0.717, 1.165) is 18.4 Å². The molecule has 3 rings (SSSR count). The van der Waals surface area contributed by atoms with Crippen LogP contribution in [-0.4, -0.2) is 44.2 Å². The van der Waals surface area contributed by atoms with Crippen molar-refractivity contribution in [3.63, 3.8) is 0 Å². The third-order valence-corrected chi connectivity index (χ3v) is 7.10. The van der Waals surface area contributed by atoms with E-state index in [1.807, 2.05) is 30.3 Å². The van der Waals surface area contributed by atoms with Gasteiger partial charge in [0.2, 0.25) is 21.8 Å². The van der Waals surface area contributed by atoms with Crippen molar-refractivity contribution in [3.05, 3.63) is 54.1 Å². The number of anilines is 1. The lowest BCUT2D eigenvalue weighted by molar-refractivity contribution is -0.120. The number of nitrogens with one attached hydrogen (secondary N) is 2. The highest BCUT2D eigenvalue weighted by Gasteiger charge is 2.30. The van der Waals surface area contributed by atoms with E-state index in [-0.39, 0.29) is 28.9 Å². The number of rotatable bonds is 9. The smallest absolute Gasteiger partial charge is 0.246 e. The van der Waals surface area contributed by atoms with Crippen LogP contribution in [0.3, 0.4) is 0 Å². The summed E-state index contributed by atoms with van der Waals surface area (Å²) in [6.07, 6.45) is 1.65. The van der Waals surface area contributed by atoms with Gasteiger partial charge in [0.25, 0.3) is 0 Å². The predicted octanol–water partition coefficient (Wildman–Crippen LogP) is 3.08. The van der Waals surface area contributed by atoms with Crippen molar-refractivity contribution in [1.82, 2.24) is 9.62 Å². The molecular weight excluding hydrogens is 430 g/mol. The van der Waals surface area contributed by atoms with Crippen molar-refractivity contribution in [2.24, 2.45) is 0 Å². The van der Waals surface area contributed by atoms with Crippen molar-refractivity contribution < 1.29 is 22.7 Å². The van der Waals surface area contributed by atoms with E-state index in [1.165, 1.54) is 17.3 Å². The first kappa shape index (κ1) is 23.7. The fourth-order valence-electron chi connectivity index (χ4n) is 3.71. The lowest BCUT2D eigenvalue weighted by Gasteiger charge is -2.20. The molecule has 1 heterocycles. The lowest BCUT2D eigenvalue weighted by Crippen LogP contribution is -2.30. The van der Waals surface area contributed by atoms with Gasteiger partial charge in [0.1, 0.15) is 10.6 Å². The molecule has 0 radical (unpaired) electrons. The minimum absolute atomic E-state index is 0.00497. The molecule has 1 fully saturated rings. The third-order valence-electron chi connectivity index (χ3n) is 5.18. The van der Waals surface area contributed by atoms with E-state index in [2.05, 4.69) is 10.6 Å². The van der Waals surface area contributed by atoms with Gasteiger partial charge in [-0.05, 0) is 43.5 Å². The van der Waals surface area contributed by atoms with Crippen LogP contribution in [-0.2, 0) is 19.6 Å². The Balaban J connectivity index is 1.81. The molecule has 1 atom stereocenters. The summed E-state index contributed by atoms with van der Waals surface area (Å²) in [5.74, 6) is -0.328. The zero-order valence-electron chi connectivity index (χ0n) is 18.3. The highest BCUT2D eigenvalue weighted by molar-refractivity contribution is 7.89. The Morgan fingerprint density at radius 3 is 2.41 bits per heavy atom. The fourth-order valence-corrected chi connectivity index (χ4v) is 5.38. The SMILES string of the molecule is CCOc1ccc(NC(=O)C[C@H](NC(C)=O)c2ccccc2)cc1S(=O)(=O)N1CCCC1. The van der Waals surface area contributed by atoms with E-state index in [9.17, 15) is 18.0 Å². The first-order chi connectivity index (χ1) is 15.3. The van der Waals surface area contributed by atoms with E-state index >= 15 is 0 Å². The number of ether oxygens (including phenoxy) is 1. The molecule has 0 bridgehead atoms. The Hall–Kier alpha value is -2.91. The maximum absolute atomic E-state index is 13.1. The number of hydrogen-bond donors (Lipinski definition) is 2. The van der Waals surface area contributed by atoms with E-state index < -0.39 is 16.1 Å². The van der Waals surface area contributed by atoms with Gasteiger partial charge in [0.15, 0.2) is 0 Å². The maximum Gasteiger partial charge on any atom is 0.246 e. The van der Waals surface area contributed by atoms with Gasteiger partial charge < -0.3 is 15.4 Å². The Kier molecular flexibility index (Phi) is 7.87. The molecule has 1 aliphatic rings. The van der Waals surface area contributed by atoms with Gasteiger partial charge in [-0.15, -0.1) is 0 Å². The third kappa shape index (κ3) is 5.86. The number of amides is 2. The normalized spacial score (nSPS) is 15.2. The van der Waals surface area contributed by atoms with Crippen LogP contribution in [0.25, 0.3) is 0 Å². The first-order valence-corrected chi connectivity index (χ1v) is 12.1. The van der Waals surface area contributed by atoms with Crippen LogP contribution < -0.4 is 15.4 Å². The average molecular weight is 460 g/mol. The quantitative estimate of drug-likeness (QED) is 0.600. The van der Waals surface area contributed by atoms with Gasteiger partial charge in [-0.25, -0.2) is 8.42 Å². The molecule has 0 unspecified atom stereocenters. The van der Waals surface area contributed by atoms with Crippen LogP contribution in [0.1, 0.15) is 44.7 Å². The molecule has 1 saturated heterocycles. The molecule has 0 aliphatic carbocycles. The van der Waals surface area contributed by atoms with Crippen molar-refractivity contribution in [2.45, 2.75) is 44.0 Å². The lowest BCUT2D eigenvalue weighted by atomic mass is 10.0. The van der Waals surface area contributed by atoms with E-state index in [1.54, 1.807) is 19.1 Å². The van der Waals surface area contributed by atoms with Crippen molar-refractivity contribution in [3.8, 4) is 5.75 Å². The van der Waals surface area contributed by atoms with Crippen LogP contribution in [0.2, 0.25) is 0 Å². The van der Waals surface area contributed by atoms with Gasteiger partial charge in [-0.1, -0.05) is 30.3 Å². The molecule has 2 aromatic carbocycles. The van der Waals surface area contributed by atoms with Gasteiger partial charge in [0, 0.05) is 25.7 Å². The van der Waals surface area contributed by atoms with E-state index in [0.29, 0.717) is 25.4 Å². The van der Waals surface area contributed by atoms with Crippen molar-refractivity contribution in [2.75, 3.05) is 25.0 Å². The van der Waals surface area contributed by atoms with Crippen LogP contribution >= 0.6 is 0 Å². The highest BCUT2D eigenvalue weighted by Crippen LogP contribution is 2.32. The summed E-state index contributed by atoms with van der Waals surface area (Å²) in [5.41, 5.74) is 1.16. The standard InChI is InChI=1S/C23H29N3O5S/c1-3-31-21-12-11-19(15-22(21)32(29,30)26-13-7-8-14-26)25-23(28)16-20(24-17(2)27)18-9-5-4-6-10-18/h4-6,9-12,15,20H,3,7-8,13-14,16H2,1-2H3,(H,24,27)(H,25,28)/t20-/m0/s1. The Bertz CT molecular complexity index is 1050. The molecule has 0 spiro atoms. The summed E-state index contributed by atoms with van der Waals surface area (Å²) in [4.78, 5) is 24.4. The van der Waals surface area contributed by atoms with E-state index in [4.69, 9.17) is 4.74 Å². The second-order valence-corrected chi connectivity index (χ2v) is 9.53. The Morgan fingerprint density at radius 2 is 1.78 bits per heavy atom. The molecule has 1 aliphatic heterocycles. The molecule has 9 heteroatoms. The second kappa shape index (κ2) is 10.6. The minimum atomic E-state index is -3.73. The summed E-state index contributed by atoms with van der Waals surface area (Å²) < 4.78 is 33.3. The number of carbonyl (C=O) groups is 2. The molecule has 2 N–H and O–H groups in total. The average Bonchev–Trinajstić information content (AvgIpc) is 3.31. The first-order valence-electron chi connectivity index (χ1n) is 10.7. The Labute approximate surface area is 189 Å². The van der Waals surface area contributed by atoms with Gasteiger partial charge in [-0.3, -0.25) is 9.59 Å². The highest BCUT2D eigenvalue weighted by atomic mass is 32.2. The summed E-state index contributed by atoms with van der Waals surface area (Å²) in [6.45, 7) is 4.45. The van der Waals surface area contributed by atoms with Gasteiger partial charge >= 0.3 is 0 Å². The van der Waals surface area contributed by atoms with Crippen LogP contribution in [0.15, 0.2) is 53.4 Å². The fraction of sp³-hybridized carbons (Fsp3) is 0.391. The summed E-state index contributed by atoms with van der Waals surface area (Å²) in [7, 11) is -3.73. The summed E-state index contributed by atoms with van der Waals surface area (Å²) >= 11 is 0. The van der Waals surface area contributed by atoms with Crippen LogP contribution in [0, 0.1) is 0 Å². The predicted molar refractivity (Wildman–Crippen MR) is 122 cm³/mol. The Morgan fingerprint density at radius 1 is 1.09 bits per heavy atom. The summed E-state index contributed by atoms with van der Waals surface area (Å²) in [5, 5.41) is 5.55. The molecule has 0 saturated carbocycles. The molecule has 2 aromatic rings. The molecule has 172 valence electrons. The van der Waals surface area contributed by atoms with Gasteiger partial charge in [0.05, 0.1) is 19.1 Å². The molecule has 8 nitrogen and oxygen atoms in total. The summed E-state index contributed by atoms with van der Waals surface area (Å²) in [6, 6.07) is 13.3. The van der Waals surface area contributed by atoms with Crippen molar-refractivity contribution >= 4 is 27.5 Å².